The summed E-state index contributed by atoms with van der Waals surface area (Å²) in [5.74, 6) is 0.626. The second kappa shape index (κ2) is 7.70. The molecular weight excluding hydrogens is 228 g/mol. The maximum Gasteiger partial charge on any atom is 0.136 e. The molecule has 0 atom stereocenters. The van der Waals surface area contributed by atoms with Crippen LogP contribution in [0, 0.1) is 11.3 Å². The lowest BCUT2D eigenvalue weighted by Crippen LogP contribution is -2.26. The SMILES string of the molecule is CCN(CCOC)Cc1ccc(OC)c(C#N)c1. The van der Waals surface area contributed by atoms with Crippen molar-refractivity contribution >= 4 is 0 Å². The van der Waals surface area contributed by atoms with Gasteiger partial charge in [-0.05, 0) is 24.2 Å². The molecule has 0 bridgehead atoms. The van der Waals surface area contributed by atoms with Crippen molar-refractivity contribution in [1.29, 1.82) is 5.26 Å². The van der Waals surface area contributed by atoms with E-state index in [1.807, 2.05) is 18.2 Å². The van der Waals surface area contributed by atoms with Crippen LogP contribution in [0.15, 0.2) is 18.2 Å². The van der Waals surface area contributed by atoms with Gasteiger partial charge in [0.1, 0.15) is 11.8 Å². The molecule has 1 aromatic carbocycles. The molecule has 0 amide bonds. The van der Waals surface area contributed by atoms with Gasteiger partial charge in [-0.3, -0.25) is 4.90 Å². The fourth-order valence-electron chi connectivity index (χ4n) is 1.77. The van der Waals surface area contributed by atoms with Crippen LogP contribution in [-0.2, 0) is 11.3 Å². The second-order valence-electron chi connectivity index (χ2n) is 4.01. The van der Waals surface area contributed by atoms with Gasteiger partial charge in [-0.25, -0.2) is 0 Å². The third kappa shape index (κ3) is 4.02. The summed E-state index contributed by atoms with van der Waals surface area (Å²) in [5.41, 5.74) is 1.70. The molecule has 0 aliphatic carbocycles. The quantitative estimate of drug-likeness (QED) is 0.740. The summed E-state index contributed by atoms with van der Waals surface area (Å²) >= 11 is 0. The van der Waals surface area contributed by atoms with Gasteiger partial charge in [-0.2, -0.15) is 5.26 Å². The summed E-state index contributed by atoms with van der Waals surface area (Å²) < 4.78 is 10.2. The van der Waals surface area contributed by atoms with Crippen LogP contribution in [-0.4, -0.2) is 38.8 Å². The van der Waals surface area contributed by atoms with Gasteiger partial charge in [0.05, 0.1) is 19.3 Å². The first kappa shape index (κ1) is 14.5. The molecule has 0 saturated carbocycles. The van der Waals surface area contributed by atoms with Gasteiger partial charge in [-0.15, -0.1) is 0 Å². The maximum absolute atomic E-state index is 9.04. The van der Waals surface area contributed by atoms with Crippen LogP contribution in [0.1, 0.15) is 18.1 Å². The lowest BCUT2D eigenvalue weighted by atomic mass is 10.1. The molecule has 4 nitrogen and oxygen atoms in total. The smallest absolute Gasteiger partial charge is 0.136 e. The van der Waals surface area contributed by atoms with Crippen LogP contribution in [0.25, 0.3) is 0 Å². The fraction of sp³-hybridized carbons (Fsp3) is 0.500. The minimum absolute atomic E-state index is 0.581. The Morgan fingerprint density at radius 2 is 2.11 bits per heavy atom. The molecule has 0 N–H and O–H groups in total. The number of hydrogen-bond acceptors (Lipinski definition) is 4. The Kier molecular flexibility index (Phi) is 6.20. The lowest BCUT2D eigenvalue weighted by Gasteiger charge is -2.20. The van der Waals surface area contributed by atoms with Gasteiger partial charge >= 0.3 is 0 Å². The molecule has 1 aromatic rings. The summed E-state index contributed by atoms with van der Waals surface area (Å²) in [4.78, 5) is 2.27. The van der Waals surface area contributed by atoms with Crippen molar-refractivity contribution in [3.63, 3.8) is 0 Å². The van der Waals surface area contributed by atoms with Gasteiger partial charge in [0.25, 0.3) is 0 Å². The van der Waals surface area contributed by atoms with Crippen molar-refractivity contribution < 1.29 is 9.47 Å². The minimum atomic E-state index is 0.581. The molecule has 0 aromatic heterocycles. The maximum atomic E-state index is 9.04. The molecule has 0 fully saturated rings. The first-order chi connectivity index (χ1) is 8.74. The minimum Gasteiger partial charge on any atom is -0.495 e. The molecule has 0 aliphatic heterocycles. The van der Waals surface area contributed by atoms with Gasteiger partial charge in [0.2, 0.25) is 0 Å². The van der Waals surface area contributed by atoms with Gasteiger partial charge < -0.3 is 9.47 Å². The number of nitriles is 1. The molecule has 0 heterocycles. The molecule has 4 heteroatoms. The van der Waals surface area contributed by atoms with Crippen LogP contribution < -0.4 is 4.74 Å². The van der Waals surface area contributed by atoms with E-state index >= 15 is 0 Å². The zero-order valence-corrected chi connectivity index (χ0v) is 11.3. The van der Waals surface area contributed by atoms with Crippen molar-refractivity contribution in [3.05, 3.63) is 29.3 Å². The summed E-state index contributed by atoms with van der Waals surface area (Å²) in [6, 6.07) is 7.88. The molecule has 0 spiro atoms. The van der Waals surface area contributed by atoms with Gasteiger partial charge in [0, 0.05) is 20.2 Å². The predicted molar refractivity (Wildman–Crippen MR) is 70.5 cm³/mol. The highest BCUT2D eigenvalue weighted by Crippen LogP contribution is 2.19. The topological polar surface area (TPSA) is 45.5 Å². The van der Waals surface area contributed by atoms with Crippen LogP contribution in [0.4, 0.5) is 0 Å². The second-order valence-corrected chi connectivity index (χ2v) is 4.01. The standard InChI is InChI=1S/C14H20N2O2/c1-4-16(7-8-17-2)11-12-5-6-14(18-3)13(9-12)10-15/h5-6,9H,4,7-8,11H2,1-3H3. The molecule has 0 radical (unpaired) electrons. The van der Waals surface area contributed by atoms with E-state index < -0.39 is 0 Å². The average Bonchev–Trinajstić information content (AvgIpc) is 2.43. The monoisotopic (exact) mass is 248 g/mol. The van der Waals surface area contributed by atoms with Crippen molar-refractivity contribution in [2.45, 2.75) is 13.5 Å². The fourth-order valence-corrected chi connectivity index (χ4v) is 1.77. The van der Waals surface area contributed by atoms with Gasteiger partial charge in [0.15, 0.2) is 0 Å². The van der Waals surface area contributed by atoms with E-state index in [1.54, 1.807) is 14.2 Å². The Balaban J connectivity index is 2.75. The van der Waals surface area contributed by atoms with E-state index in [1.165, 1.54) is 0 Å². The lowest BCUT2D eigenvalue weighted by molar-refractivity contribution is 0.147. The third-order valence-electron chi connectivity index (χ3n) is 2.85. The molecule has 18 heavy (non-hydrogen) atoms. The summed E-state index contributed by atoms with van der Waals surface area (Å²) in [6.07, 6.45) is 0. The first-order valence-corrected chi connectivity index (χ1v) is 6.03. The zero-order chi connectivity index (χ0) is 13.4. The first-order valence-electron chi connectivity index (χ1n) is 6.03. The number of benzene rings is 1. The number of ether oxygens (including phenoxy) is 2. The van der Waals surface area contributed by atoms with E-state index in [0.717, 1.165) is 31.8 Å². The van der Waals surface area contributed by atoms with Crippen LogP contribution >= 0.6 is 0 Å². The highest BCUT2D eigenvalue weighted by Gasteiger charge is 2.07. The number of methoxy groups -OCH3 is 2. The van der Waals surface area contributed by atoms with E-state index in [9.17, 15) is 0 Å². The van der Waals surface area contributed by atoms with Crippen molar-refractivity contribution in [1.82, 2.24) is 4.90 Å². The number of nitrogens with zero attached hydrogens (tertiary/aromatic N) is 2. The Bertz CT molecular complexity index is 413. The largest absolute Gasteiger partial charge is 0.495 e. The molecular formula is C14H20N2O2. The van der Waals surface area contributed by atoms with E-state index in [-0.39, 0.29) is 0 Å². The van der Waals surface area contributed by atoms with Gasteiger partial charge in [-0.1, -0.05) is 13.0 Å². The summed E-state index contributed by atoms with van der Waals surface area (Å²) in [7, 11) is 3.28. The van der Waals surface area contributed by atoms with Crippen LogP contribution in [0.5, 0.6) is 5.75 Å². The predicted octanol–water partition coefficient (Wildman–Crippen LogP) is 2.04. The zero-order valence-electron chi connectivity index (χ0n) is 11.3. The highest BCUT2D eigenvalue weighted by molar-refractivity contribution is 5.45. The highest BCUT2D eigenvalue weighted by atomic mass is 16.5. The number of hydrogen-bond donors (Lipinski definition) is 0. The number of likely N-dealkylation sites (N-methyl/N-ethyl adjacent to an activating group) is 1. The van der Waals surface area contributed by atoms with Crippen LogP contribution in [0.2, 0.25) is 0 Å². The van der Waals surface area contributed by atoms with Crippen LogP contribution in [0.3, 0.4) is 0 Å². The normalized spacial score (nSPS) is 10.4. The van der Waals surface area contributed by atoms with Crippen molar-refractivity contribution in [3.8, 4) is 11.8 Å². The van der Waals surface area contributed by atoms with E-state index in [4.69, 9.17) is 14.7 Å². The van der Waals surface area contributed by atoms with E-state index in [2.05, 4.69) is 17.9 Å². The molecule has 1 rings (SSSR count). The molecule has 0 aliphatic rings. The summed E-state index contributed by atoms with van der Waals surface area (Å²) in [6.45, 7) is 5.50. The Labute approximate surface area is 109 Å². The summed E-state index contributed by atoms with van der Waals surface area (Å²) in [5, 5.41) is 9.04. The number of rotatable bonds is 7. The molecule has 0 saturated heterocycles. The Morgan fingerprint density at radius 3 is 2.67 bits per heavy atom. The molecule has 98 valence electrons. The van der Waals surface area contributed by atoms with Crippen molar-refractivity contribution in [2.75, 3.05) is 33.9 Å². The molecule has 0 unspecified atom stereocenters. The third-order valence-corrected chi connectivity index (χ3v) is 2.85. The van der Waals surface area contributed by atoms with Crippen molar-refractivity contribution in [2.24, 2.45) is 0 Å². The van der Waals surface area contributed by atoms with E-state index in [0.29, 0.717) is 11.3 Å². The Hall–Kier alpha value is -1.57. The Morgan fingerprint density at radius 1 is 1.33 bits per heavy atom. The average molecular weight is 248 g/mol.